The molecule has 150 valence electrons. The minimum absolute atomic E-state index is 0.179. The number of carbonyl (C=O) groups is 4. The highest BCUT2D eigenvalue weighted by Gasteiger charge is 2.54. The van der Waals surface area contributed by atoms with Crippen LogP contribution in [0.4, 0.5) is 4.79 Å². The minimum Gasteiger partial charge on any atom is -0.303 e. The van der Waals surface area contributed by atoms with Crippen molar-refractivity contribution < 1.29 is 19.2 Å². The number of benzene rings is 1. The first-order chi connectivity index (χ1) is 13.5. The van der Waals surface area contributed by atoms with Crippen LogP contribution in [-0.2, 0) is 19.8 Å². The molecule has 7 nitrogen and oxygen atoms in total. The lowest BCUT2D eigenvalue weighted by Crippen LogP contribution is -2.66. The number of nitrogens with zero attached hydrogens (tertiary/aromatic N) is 2. The van der Waals surface area contributed by atoms with Gasteiger partial charge in [0, 0.05) is 13.0 Å². The van der Waals surface area contributed by atoms with Crippen molar-refractivity contribution in [3.63, 3.8) is 0 Å². The van der Waals surface area contributed by atoms with Crippen LogP contribution in [-0.4, -0.2) is 59.6 Å². The second-order valence-corrected chi connectivity index (χ2v) is 7.47. The molecule has 3 rings (SSSR count). The van der Waals surface area contributed by atoms with Gasteiger partial charge in [-0.05, 0) is 37.9 Å². The predicted octanol–water partition coefficient (Wildman–Crippen LogP) is 1.86. The SMILES string of the molecule is CCC1(c2ccccc2)C(=O)NC(=O)N(CC(=O)CCN2CCCCC2)C1=O. The topological polar surface area (TPSA) is 86.8 Å². The summed E-state index contributed by atoms with van der Waals surface area (Å²) in [5.41, 5.74) is -0.958. The number of amides is 4. The Hall–Kier alpha value is -2.54. The summed E-state index contributed by atoms with van der Waals surface area (Å²) in [4.78, 5) is 53.8. The molecule has 28 heavy (non-hydrogen) atoms. The molecule has 2 saturated heterocycles. The predicted molar refractivity (Wildman–Crippen MR) is 104 cm³/mol. The van der Waals surface area contributed by atoms with Crippen LogP contribution in [0.15, 0.2) is 30.3 Å². The first-order valence-electron chi connectivity index (χ1n) is 9.96. The fourth-order valence-corrected chi connectivity index (χ4v) is 4.05. The highest BCUT2D eigenvalue weighted by molar-refractivity contribution is 6.23. The van der Waals surface area contributed by atoms with Crippen LogP contribution in [0, 0.1) is 0 Å². The molecule has 2 aliphatic rings. The molecule has 1 aromatic carbocycles. The van der Waals surface area contributed by atoms with Crippen molar-refractivity contribution in [2.45, 2.75) is 44.4 Å². The summed E-state index contributed by atoms with van der Waals surface area (Å²) < 4.78 is 0. The van der Waals surface area contributed by atoms with E-state index in [1.807, 2.05) is 0 Å². The Balaban J connectivity index is 1.73. The Morgan fingerprint density at radius 3 is 2.39 bits per heavy atom. The number of nitrogens with one attached hydrogen (secondary N) is 1. The van der Waals surface area contributed by atoms with E-state index in [1.165, 1.54) is 6.42 Å². The molecule has 2 fully saturated rings. The summed E-state index contributed by atoms with van der Waals surface area (Å²) in [6.45, 7) is 4.03. The van der Waals surface area contributed by atoms with Crippen molar-refractivity contribution in [2.24, 2.45) is 0 Å². The zero-order valence-corrected chi connectivity index (χ0v) is 16.3. The number of rotatable bonds is 7. The highest BCUT2D eigenvalue weighted by Crippen LogP contribution is 2.33. The Bertz CT molecular complexity index is 758. The van der Waals surface area contributed by atoms with Gasteiger partial charge in [-0.15, -0.1) is 0 Å². The summed E-state index contributed by atoms with van der Waals surface area (Å²) in [6.07, 6.45) is 3.99. The third-order valence-electron chi connectivity index (χ3n) is 5.75. The normalized spacial score (nSPS) is 23.6. The summed E-state index contributed by atoms with van der Waals surface area (Å²) in [7, 11) is 0. The van der Waals surface area contributed by atoms with E-state index in [4.69, 9.17) is 0 Å². The fourth-order valence-electron chi connectivity index (χ4n) is 4.05. The Labute approximate surface area is 165 Å². The molecule has 1 unspecified atom stereocenters. The van der Waals surface area contributed by atoms with E-state index in [9.17, 15) is 19.2 Å². The maximum absolute atomic E-state index is 13.2. The first-order valence-corrected chi connectivity index (χ1v) is 9.96. The highest BCUT2D eigenvalue weighted by atomic mass is 16.2. The molecule has 1 aromatic rings. The summed E-state index contributed by atoms with van der Waals surface area (Å²) in [5.74, 6) is -1.43. The molecule has 0 spiro atoms. The van der Waals surface area contributed by atoms with Crippen molar-refractivity contribution in [2.75, 3.05) is 26.2 Å². The van der Waals surface area contributed by atoms with Crippen LogP contribution in [0.2, 0.25) is 0 Å². The molecule has 7 heteroatoms. The number of hydrogen-bond donors (Lipinski definition) is 1. The van der Waals surface area contributed by atoms with Gasteiger partial charge < -0.3 is 4.90 Å². The van der Waals surface area contributed by atoms with Gasteiger partial charge in [0.15, 0.2) is 11.2 Å². The summed E-state index contributed by atoms with van der Waals surface area (Å²) in [6, 6.07) is 7.88. The third-order valence-corrected chi connectivity index (χ3v) is 5.75. The molecule has 0 radical (unpaired) electrons. The van der Waals surface area contributed by atoms with Gasteiger partial charge in [-0.2, -0.15) is 0 Å². The number of likely N-dealkylation sites (tertiary alicyclic amines) is 1. The quantitative estimate of drug-likeness (QED) is 0.724. The van der Waals surface area contributed by atoms with Crippen molar-refractivity contribution in [3.8, 4) is 0 Å². The monoisotopic (exact) mass is 385 g/mol. The zero-order chi connectivity index (χ0) is 20.1. The Morgan fingerprint density at radius 1 is 1.07 bits per heavy atom. The lowest BCUT2D eigenvalue weighted by molar-refractivity contribution is -0.147. The number of piperidine rings is 1. The maximum Gasteiger partial charge on any atom is 0.331 e. The van der Waals surface area contributed by atoms with E-state index in [0.717, 1.165) is 30.8 Å². The van der Waals surface area contributed by atoms with E-state index in [-0.39, 0.29) is 25.2 Å². The van der Waals surface area contributed by atoms with Crippen molar-refractivity contribution >= 4 is 23.6 Å². The first kappa shape index (κ1) is 20.2. The van der Waals surface area contributed by atoms with Gasteiger partial charge in [0.1, 0.15) is 0 Å². The zero-order valence-electron chi connectivity index (χ0n) is 16.3. The van der Waals surface area contributed by atoms with Crippen LogP contribution >= 0.6 is 0 Å². The van der Waals surface area contributed by atoms with Gasteiger partial charge in [0.25, 0.3) is 5.91 Å². The summed E-state index contributed by atoms with van der Waals surface area (Å²) >= 11 is 0. The smallest absolute Gasteiger partial charge is 0.303 e. The number of hydrogen-bond acceptors (Lipinski definition) is 5. The van der Waals surface area contributed by atoms with Crippen molar-refractivity contribution in [3.05, 3.63) is 35.9 Å². The fraction of sp³-hybridized carbons (Fsp3) is 0.524. The molecular formula is C21H27N3O4. The number of barbiturate groups is 1. The lowest BCUT2D eigenvalue weighted by Gasteiger charge is -2.38. The van der Waals surface area contributed by atoms with Crippen molar-refractivity contribution in [1.82, 2.24) is 15.1 Å². The molecule has 4 amide bonds. The van der Waals surface area contributed by atoms with Crippen LogP contribution in [0.3, 0.4) is 0 Å². The van der Waals surface area contributed by atoms with Crippen LogP contribution in [0.25, 0.3) is 0 Å². The van der Waals surface area contributed by atoms with Gasteiger partial charge in [-0.1, -0.05) is 43.7 Å². The van der Waals surface area contributed by atoms with Crippen molar-refractivity contribution in [1.29, 1.82) is 0 Å². The molecule has 2 aliphatic heterocycles. The van der Waals surface area contributed by atoms with Gasteiger partial charge in [-0.3, -0.25) is 24.6 Å². The second kappa shape index (κ2) is 8.65. The molecule has 1 atom stereocenters. The molecule has 0 saturated carbocycles. The summed E-state index contributed by atoms with van der Waals surface area (Å²) in [5, 5.41) is 2.28. The number of ketones is 1. The Kier molecular flexibility index (Phi) is 6.24. The number of carbonyl (C=O) groups excluding carboxylic acids is 4. The van der Waals surface area contributed by atoms with E-state index < -0.39 is 23.3 Å². The van der Waals surface area contributed by atoms with E-state index in [2.05, 4.69) is 10.2 Å². The molecular weight excluding hydrogens is 358 g/mol. The Morgan fingerprint density at radius 2 is 1.75 bits per heavy atom. The standard InChI is InChI=1S/C21H27N3O4/c1-2-21(16-9-5-3-6-10-16)18(26)22-20(28)24(19(21)27)15-17(25)11-14-23-12-7-4-8-13-23/h3,5-6,9-10H,2,4,7-8,11-15H2,1H3,(H,22,26,28). The van der Waals surface area contributed by atoms with Gasteiger partial charge in [0.2, 0.25) is 5.91 Å². The lowest BCUT2D eigenvalue weighted by atomic mass is 9.74. The van der Waals surface area contributed by atoms with Crippen LogP contribution < -0.4 is 5.32 Å². The average molecular weight is 385 g/mol. The van der Waals surface area contributed by atoms with E-state index >= 15 is 0 Å². The third kappa shape index (κ3) is 3.85. The molecule has 0 aliphatic carbocycles. The van der Waals surface area contributed by atoms with E-state index in [0.29, 0.717) is 12.1 Å². The molecule has 0 aromatic heterocycles. The van der Waals surface area contributed by atoms with E-state index in [1.54, 1.807) is 37.3 Å². The van der Waals surface area contributed by atoms with Gasteiger partial charge in [-0.25, -0.2) is 4.79 Å². The van der Waals surface area contributed by atoms with Crippen LogP contribution in [0.5, 0.6) is 0 Å². The number of imide groups is 2. The number of Topliss-reactive ketones (excluding diaryl/α,β-unsaturated/α-hetero) is 1. The number of urea groups is 1. The molecule has 0 bridgehead atoms. The molecule has 2 heterocycles. The van der Waals surface area contributed by atoms with Crippen LogP contribution in [0.1, 0.15) is 44.6 Å². The van der Waals surface area contributed by atoms with Gasteiger partial charge >= 0.3 is 6.03 Å². The van der Waals surface area contributed by atoms with Gasteiger partial charge in [0.05, 0.1) is 6.54 Å². The minimum atomic E-state index is -1.48. The largest absolute Gasteiger partial charge is 0.331 e. The second-order valence-electron chi connectivity index (χ2n) is 7.47. The molecule has 1 N–H and O–H groups in total. The maximum atomic E-state index is 13.2. The average Bonchev–Trinajstić information content (AvgIpc) is 2.72.